The molecule has 6 heteroatoms. The van der Waals surface area contributed by atoms with Crippen LogP contribution in [0.25, 0.3) is 0 Å². The lowest BCUT2D eigenvalue weighted by molar-refractivity contribution is 0.609. The Morgan fingerprint density at radius 2 is 1.23 bits per heavy atom. The highest BCUT2D eigenvalue weighted by Gasteiger charge is 2.14. The van der Waals surface area contributed by atoms with Gasteiger partial charge in [0, 0.05) is 16.3 Å². The molecule has 1 unspecified atom stereocenters. The first-order chi connectivity index (χ1) is 12.0. The molecule has 1 atom stereocenters. The average molecular weight is 470 g/mol. The van der Waals surface area contributed by atoms with Crippen molar-refractivity contribution in [1.29, 1.82) is 0 Å². The van der Waals surface area contributed by atoms with Gasteiger partial charge in [-0.05, 0) is 35.0 Å². The van der Waals surface area contributed by atoms with Gasteiger partial charge in [0.2, 0.25) is 0 Å². The predicted octanol–water partition coefficient (Wildman–Crippen LogP) is 6.16. The molecule has 0 radical (unpaired) electrons. The summed E-state index contributed by atoms with van der Waals surface area (Å²) in [5, 5.41) is 0. The van der Waals surface area contributed by atoms with Crippen molar-refractivity contribution >= 4 is 45.3 Å². The van der Waals surface area contributed by atoms with Gasteiger partial charge in [-0.3, -0.25) is 0 Å². The zero-order valence-electron chi connectivity index (χ0n) is 13.9. The van der Waals surface area contributed by atoms with Gasteiger partial charge in [0.05, 0.1) is 4.90 Å². The van der Waals surface area contributed by atoms with E-state index in [9.17, 15) is 8.42 Å². The van der Waals surface area contributed by atoms with Crippen LogP contribution in [0.5, 0.6) is 0 Å². The zero-order valence-corrected chi connectivity index (χ0v) is 18.2. The van der Waals surface area contributed by atoms with Gasteiger partial charge in [0.15, 0.2) is 0 Å². The van der Waals surface area contributed by atoms with E-state index < -0.39 is 9.05 Å². The van der Waals surface area contributed by atoms with Gasteiger partial charge in [-0.1, -0.05) is 72.8 Å². The third-order valence-corrected chi connectivity index (χ3v) is 7.04. The fourth-order valence-corrected chi connectivity index (χ4v) is 5.01. The molecule has 0 saturated carbocycles. The highest BCUT2D eigenvalue weighted by molar-refractivity contribution is 8.93. The molecule has 0 bridgehead atoms. The molecule has 136 valence electrons. The highest BCUT2D eigenvalue weighted by atomic mass is 79.9. The number of halogens is 2. The summed E-state index contributed by atoms with van der Waals surface area (Å²) in [6.07, 6.45) is 0.886. The van der Waals surface area contributed by atoms with E-state index in [0.717, 1.165) is 11.7 Å². The van der Waals surface area contributed by atoms with Crippen molar-refractivity contribution in [2.45, 2.75) is 16.7 Å². The maximum Gasteiger partial charge on any atom is 0.261 e. The smallest absolute Gasteiger partial charge is 0.207 e. The molecule has 2 nitrogen and oxygen atoms in total. The molecule has 3 aromatic carbocycles. The summed E-state index contributed by atoms with van der Waals surface area (Å²) >= 11 is 0. The highest BCUT2D eigenvalue weighted by Crippen LogP contribution is 2.42. The number of hydrogen-bond acceptors (Lipinski definition) is 2. The number of hydrogen-bond donors (Lipinski definition) is 0. The van der Waals surface area contributed by atoms with E-state index in [1.165, 1.54) is 11.1 Å². The molecule has 0 saturated heterocycles. The molecule has 3 rings (SSSR count). The molecule has 0 aliphatic carbocycles. The first-order valence-electron chi connectivity index (χ1n) is 7.91. The molecule has 26 heavy (non-hydrogen) atoms. The van der Waals surface area contributed by atoms with Crippen molar-refractivity contribution in [3.05, 3.63) is 102 Å². The summed E-state index contributed by atoms with van der Waals surface area (Å²) in [6, 6.07) is 27.8. The molecule has 0 heterocycles. The zero-order chi connectivity index (χ0) is 17.7. The summed E-state index contributed by atoms with van der Waals surface area (Å²) in [4.78, 5) is 0.143. The van der Waals surface area contributed by atoms with Crippen LogP contribution in [0.4, 0.5) is 0 Å². The Bertz CT molecular complexity index is 878. The van der Waals surface area contributed by atoms with Crippen molar-refractivity contribution in [2.24, 2.45) is 0 Å². The molecule has 0 aliphatic heterocycles. The standard InChI is InChI=1S/C20H18ClO2PS.BrH/c21-25(22,23)19-13-11-16(12-14-19)15-24-20(17-7-3-1-4-8-17)18-9-5-2-6-10-18;/h1-14,20,24H,15H2;1H. The van der Waals surface area contributed by atoms with Crippen LogP contribution in [0.15, 0.2) is 89.8 Å². The SMILES string of the molecule is Br.O=S(=O)(Cl)c1ccc(CPC(c2ccccc2)c2ccccc2)cc1. The molecule has 0 N–H and O–H groups in total. The Hall–Kier alpha value is -1.19. The van der Waals surface area contributed by atoms with Crippen LogP contribution in [0.1, 0.15) is 22.3 Å². The number of benzene rings is 3. The van der Waals surface area contributed by atoms with Gasteiger partial charge < -0.3 is 0 Å². The van der Waals surface area contributed by atoms with E-state index in [1.54, 1.807) is 12.1 Å². The van der Waals surface area contributed by atoms with Crippen LogP contribution in [0.3, 0.4) is 0 Å². The van der Waals surface area contributed by atoms with E-state index in [-0.39, 0.29) is 21.9 Å². The third kappa shape index (κ3) is 5.65. The summed E-state index contributed by atoms with van der Waals surface area (Å²) in [7, 11) is 2.37. The van der Waals surface area contributed by atoms with Crippen LogP contribution >= 0.6 is 36.2 Å². The van der Waals surface area contributed by atoms with Crippen molar-refractivity contribution in [3.63, 3.8) is 0 Å². The Kier molecular flexibility index (Phi) is 7.85. The largest absolute Gasteiger partial charge is 0.261 e. The number of rotatable bonds is 6. The Labute approximate surface area is 171 Å². The van der Waals surface area contributed by atoms with Gasteiger partial charge in [0.1, 0.15) is 0 Å². The normalized spacial score (nSPS) is 11.6. The lowest BCUT2D eigenvalue weighted by Gasteiger charge is -2.18. The van der Waals surface area contributed by atoms with Crippen molar-refractivity contribution in [1.82, 2.24) is 0 Å². The monoisotopic (exact) mass is 468 g/mol. The van der Waals surface area contributed by atoms with E-state index in [2.05, 4.69) is 48.5 Å². The Morgan fingerprint density at radius 3 is 1.65 bits per heavy atom. The minimum absolute atomic E-state index is 0. The van der Waals surface area contributed by atoms with Crippen LogP contribution in [-0.4, -0.2) is 8.42 Å². The maximum atomic E-state index is 11.3. The van der Waals surface area contributed by atoms with Gasteiger partial charge >= 0.3 is 0 Å². The van der Waals surface area contributed by atoms with E-state index in [1.807, 2.05) is 24.3 Å². The van der Waals surface area contributed by atoms with Crippen molar-refractivity contribution < 1.29 is 8.42 Å². The third-order valence-electron chi connectivity index (χ3n) is 3.98. The second-order valence-corrected chi connectivity index (χ2v) is 9.62. The summed E-state index contributed by atoms with van der Waals surface area (Å²) < 4.78 is 22.7. The maximum absolute atomic E-state index is 11.3. The molecule has 3 aromatic rings. The van der Waals surface area contributed by atoms with E-state index in [4.69, 9.17) is 10.7 Å². The van der Waals surface area contributed by atoms with Gasteiger partial charge in [0.25, 0.3) is 9.05 Å². The van der Waals surface area contributed by atoms with Crippen LogP contribution in [0, 0.1) is 0 Å². The molecule has 0 aliphatic rings. The lowest BCUT2D eigenvalue weighted by Crippen LogP contribution is -1.96. The lowest BCUT2D eigenvalue weighted by atomic mass is 10.0. The Balaban J connectivity index is 0.00000243. The Morgan fingerprint density at radius 1 is 0.769 bits per heavy atom. The summed E-state index contributed by atoms with van der Waals surface area (Å²) in [5.41, 5.74) is 4.04. The fraction of sp³-hybridized carbons (Fsp3) is 0.100. The molecule has 0 aromatic heterocycles. The molecule has 0 amide bonds. The second kappa shape index (κ2) is 9.66. The van der Waals surface area contributed by atoms with Crippen molar-refractivity contribution in [3.8, 4) is 0 Å². The van der Waals surface area contributed by atoms with Gasteiger partial charge in [-0.15, -0.1) is 25.6 Å². The van der Waals surface area contributed by atoms with Gasteiger partial charge in [-0.2, -0.15) is 0 Å². The second-order valence-electron chi connectivity index (χ2n) is 5.72. The molecular weight excluding hydrogens is 451 g/mol. The minimum Gasteiger partial charge on any atom is -0.207 e. The van der Waals surface area contributed by atoms with E-state index in [0.29, 0.717) is 14.2 Å². The van der Waals surface area contributed by atoms with Crippen LogP contribution in [0.2, 0.25) is 0 Å². The first-order valence-corrected chi connectivity index (χ1v) is 11.5. The molecule has 0 spiro atoms. The van der Waals surface area contributed by atoms with E-state index >= 15 is 0 Å². The van der Waals surface area contributed by atoms with Gasteiger partial charge in [-0.25, -0.2) is 8.42 Å². The molecular formula is C20H19BrClO2PS. The summed E-state index contributed by atoms with van der Waals surface area (Å²) in [6.45, 7) is 0. The average Bonchev–Trinajstić information content (AvgIpc) is 2.63. The van der Waals surface area contributed by atoms with Crippen LogP contribution in [-0.2, 0) is 15.2 Å². The topological polar surface area (TPSA) is 34.1 Å². The predicted molar refractivity (Wildman–Crippen MR) is 117 cm³/mol. The fourth-order valence-electron chi connectivity index (χ4n) is 2.71. The van der Waals surface area contributed by atoms with Crippen molar-refractivity contribution in [2.75, 3.05) is 0 Å². The van der Waals surface area contributed by atoms with Crippen LogP contribution < -0.4 is 0 Å². The minimum atomic E-state index is -3.66. The quantitative estimate of drug-likeness (QED) is 0.320. The molecule has 0 fully saturated rings. The summed E-state index contributed by atoms with van der Waals surface area (Å²) in [5.74, 6) is 0. The first kappa shape index (κ1) is 21.1.